The molecule has 1 heterocycles. The lowest BCUT2D eigenvalue weighted by Gasteiger charge is -2.19. The third-order valence-corrected chi connectivity index (χ3v) is 2.46. The molecule has 0 bridgehead atoms. The van der Waals surface area contributed by atoms with Gasteiger partial charge in [0.2, 0.25) is 0 Å². The van der Waals surface area contributed by atoms with Crippen molar-refractivity contribution in [1.29, 1.82) is 0 Å². The predicted molar refractivity (Wildman–Crippen MR) is 71.7 cm³/mol. The maximum atomic E-state index is 8.57. The highest BCUT2D eigenvalue weighted by Crippen LogP contribution is 2.10. The Kier molecular flexibility index (Phi) is 14.7. The van der Waals surface area contributed by atoms with E-state index in [9.17, 15) is 0 Å². The molecule has 0 saturated carbocycles. The Bertz CT molecular complexity index is 144. The van der Waals surface area contributed by atoms with Crippen LogP contribution in [0.1, 0.15) is 32.6 Å². The molecule has 3 N–H and O–H groups in total. The Hall–Kier alpha value is -0.200. The second-order valence-corrected chi connectivity index (χ2v) is 4.18. The normalized spacial score (nSPS) is 19.2. The van der Waals surface area contributed by atoms with Crippen LogP contribution in [0.5, 0.6) is 0 Å². The number of aliphatic hydroxyl groups is 1. The van der Waals surface area contributed by atoms with E-state index in [1.807, 2.05) is 0 Å². The molecule has 1 aliphatic rings. The first kappa shape index (κ1) is 17.8. The molecule has 0 spiro atoms. The summed E-state index contributed by atoms with van der Waals surface area (Å²) in [5.74, 6) is 0. The minimum atomic E-state index is 0.142. The summed E-state index contributed by atoms with van der Waals surface area (Å²) >= 11 is 0. The van der Waals surface area contributed by atoms with Gasteiger partial charge in [0.1, 0.15) is 0 Å². The van der Waals surface area contributed by atoms with Gasteiger partial charge >= 0.3 is 0 Å². The lowest BCUT2D eigenvalue weighted by atomic mass is 10.1. The summed E-state index contributed by atoms with van der Waals surface area (Å²) < 4.78 is 15.4. The zero-order chi connectivity index (χ0) is 13.5. The lowest BCUT2D eigenvalue weighted by molar-refractivity contribution is -0.0172. The van der Waals surface area contributed by atoms with Gasteiger partial charge in [-0.25, -0.2) is 0 Å². The number of nitrogens with two attached hydrogens (primary N) is 1. The Morgan fingerprint density at radius 1 is 1.17 bits per heavy atom. The zero-order valence-corrected chi connectivity index (χ0v) is 11.6. The van der Waals surface area contributed by atoms with Crippen molar-refractivity contribution in [2.24, 2.45) is 5.73 Å². The molecular formula is C13H29NO4. The second-order valence-electron chi connectivity index (χ2n) is 4.18. The fourth-order valence-corrected chi connectivity index (χ4v) is 1.50. The van der Waals surface area contributed by atoms with Gasteiger partial charge in [-0.3, -0.25) is 0 Å². The topological polar surface area (TPSA) is 73.9 Å². The molecule has 110 valence electrons. The van der Waals surface area contributed by atoms with E-state index in [2.05, 4.69) is 6.92 Å². The van der Waals surface area contributed by atoms with E-state index in [1.54, 1.807) is 0 Å². The van der Waals surface area contributed by atoms with Gasteiger partial charge < -0.3 is 25.1 Å². The predicted octanol–water partition coefficient (Wildman–Crippen LogP) is 0.936. The van der Waals surface area contributed by atoms with Gasteiger partial charge in [0.15, 0.2) is 0 Å². The number of hydrogen-bond acceptors (Lipinski definition) is 5. The fraction of sp³-hybridized carbons (Fsp3) is 1.00. The summed E-state index contributed by atoms with van der Waals surface area (Å²) in [5.41, 5.74) is 5.20. The molecule has 1 atom stereocenters. The van der Waals surface area contributed by atoms with Gasteiger partial charge in [0.25, 0.3) is 0 Å². The zero-order valence-electron chi connectivity index (χ0n) is 11.6. The van der Waals surface area contributed by atoms with Crippen molar-refractivity contribution in [2.45, 2.75) is 38.7 Å². The molecule has 0 aromatic heterocycles. The molecule has 18 heavy (non-hydrogen) atoms. The summed E-state index contributed by atoms with van der Waals surface area (Å²) in [7, 11) is 0. The van der Waals surface area contributed by atoms with Gasteiger partial charge in [-0.2, -0.15) is 0 Å². The Morgan fingerprint density at radius 2 is 1.89 bits per heavy atom. The molecule has 1 rings (SSSR count). The summed E-state index contributed by atoms with van der Waals surface area (Å²) in [6.07, 6.45) is 4.62. The van der Waals surface area contributed by atoms with Crippen LogP contribution in [0.15, 0.2) is 0 Å². The van der Waals surface area contributed by atoms with Crippen molar-refractivity contribution in [1.82, 2.24) is 0 Å². The molecule has 1 aliphatic heterocycles. The molecule has 0 radical (unpaired) electrons. The van der Waals surface area contributed by atoms with Crippen LogP contribution in [0.3, 0.4) is 0 Å². The molecular weight excluding hydrogens is 234 g/mol. The fourth-order valence-electron chi connectivity index (χ4n) is 1.50. The molecule has 0 amide bonds. The number of rotatable bonds is 8. The first-order valence-electron chi connectivity index (χ1n) is 6.93. The highest BCUT2D eigenvalue weighted by atomic mass is 16.5. The average Bonchev–Trinajstić information content (AvgIpc) is 2.44. The molecule has 0 aliphatic carbocycles. The van der Waals surface area contributed by atoms with Crippen LogP contribution in [0.25, 0.3) is 0 Å². The van der Waals surface area contributed by atoms with Gasteiger partial charge in [-0.1, -0.05) is 6.92 Å². The third kappa shape index (κ3) is 12.3. The summed E-state index contributed by atoms with van der Waals surface area (Å²) in [6, 6.07) is 0. The van der Waals surface area contributed by atoms with Crippen molar-refractivity contribution in [3.8, 4) is 0 Å². The van der Waals surface area contributed by atoms with Crippen LogP contribution >= 0.6 is 0 Å². The summed E-state index contributed by atoms with van der Waals surface area (Å²) in [5, 5.41) is 8.57. The Labute approximate surface area is 111 Å². The number of ether oxygens (including phenoxy) is 3. The highest BCUT2D eigenvalue weighted by molar-refractivity contribution is 4.60. The van der Waals surface area contributed by atoms with Crippen molar-refractivity contribution in [3.63, 3.8) is 0 Å². The van der Waals surface area contributed by atoms with Gasteiger partial charge in [0.05, 0.1) is 32.5 Å². The van der Waals surface area contributed by atoms with Gasteiger partial charge in [0, 0.05) is 19.8 Å². The lowest BCUT2D eigenvalue weighted by Crippen LogP contribution is -2.22. The van der Waals surface area contributed by atoms with Crippen LogP contribution in [-0.2, 0) is 14.2 Å². The molecule has 5 nitrogen and oxygen atoms in total. The van der Waals surface area contributed by atoms with Crippen LogP contribution < -0.4 is 5.73 Å². The molecule has 0 aromatic carbocycles. The summed E-state index contributed by atoms with van der Waals surface area (Å²) in [4.78, 5) is 0. The second kappa shape index (κ2) is 14.9. The highest BCUT2D eigenvalue weighted by Gasteiger charge is 2.10. The van der Waals surface area contributed by atoms with Crippen LogP contribution in [-0.4, -0.2) is 57.4 Å². The molecule has 5 heteroatoms. The summed E-state index contributed by atoms with van der Waals surface area (Å²) in [6.45, 7) is 6.52. The standard InChI is InChI=1S/C7H17NO2.C6H12O2/c1-2-4-9-6-7-10-5-3-8;7-5-6-3-1-2-4-8-6/h2-8H2,1H3;6-7H,1-5H2. The third-order valence-electron chi connectivity index (χ3n) is 2.46. The minimum absolute atomic E-state index is 0.142. The van der Waals surface area contributed by atoms with E-state index in [-0.39, 0.29) is 12.7 Å². The van der Waals surface area contributed by atoms with E-state index in [4.69, 9.17) is 25.1 Å². The maximum absolute atomic E-state index is 8.57. The van der Waals surface area contributed by atoms with Crippen molar-refractivity contribution in [3.05, 3.63) is 0 Å². The van der Waals surface area contributed by atoms with Crippen LogP contribution in [0.2, 0.25) is 0 Å². The Morgan fingerprint density at radius 3 is 2.33 bits per heavy atom. The van der Waals surface area contributed by atoms with E-state index < -0.39 is 0 Å². The first-order chi connectivity index (χ1) is 8.85. The quantitative estimate of drug-likeness (QED) is 0.637. The average molecular weight is 263 g/mol. The number of hydrogen-bond donors (Lipinski definition) is 2. The van der Waals surface area contributed by atoms with E-state index in [0.29, 0.717) is 26.4 Å². The maximum Gasteiger partial charge on any atom is 0.0805 e. The number of aliphatic hydroxyl groups excluding tert-OH is 1. The van der Waals surface area contributed by atoms with Crippen LogP contribution in [0, 0.1) is 0 Å². The SMILES string of the molecule is CCCOCCOCCN.OCC1CCCCO1. The van der Waals surface area contributed by atoms with Crippen molar-refractivity contribution >= 4 is 0 Å². The minimum Gasteiger partial charge on any atom is -0.394 e. The van der Waals surface area contributed by atoms with E-state index in [0.717, 1.165) is 32.5 Å². The Balaban J connectivity index is 0.000000327. The first-order valence-corrected chi connectivity index (χ1v) is 6.93. The van der Waals surface area contributed by atoms with Crippen LogP contribution in [0.4, 0.5) is 0 Å². The van der Waals surface area contributed by atoms with Gasteiger partial charge in [-0.05, 0) is 25.7 Å². The monoisotopic (exact) mass is 263 g/mol. The van der Waals surface area contributed by atoms with Crippen molar-refractivity contribution in [2.75, 3.05) is 46.2 Å². The van der Waals surface area contributed by atoms with Crippen molar-refractivity contribution < 1.29 is 19.3 Å². The van der Waals surface area contributed by atoms with E-state index >= 15 is 0 Å². The van der Waals surface area contributed by atoms with E-state index in [1.165, 1.54) is 6.42 Å². The smallest absolute Gasteiger partial charge is 0.0805 e. The molecule has 1 fully saturated rings. The molecule has 1 unspecified atom stereocenters. The largest absolute Gasteiger partial charge is 0.394 e. The molecule has 0 aromatic rings. The van der Waals surface area contributed by atoms with Gasteiger partial charge in [-0.15, -0.1) is 0 Å². The molecule has 1 saturated heterocycles.